The van der Waals surface area contributed by atoms with Crippen LogP contribution >= 0.6 is 11.3 Å². The number of piperidine rings is 1. The van der Waals surface area contributed by atoms with Crippen LogP contribution in [-0.2, 0) is 29.7 Å². The molecule has 0 radical (unpaired) electrons. The Morgan fingerprint density at radius 1 is 0.829 bits per heavy atom. The second-order valence-electron chi connectivity index (χ2n) is 9.00. The van der Waals surface area contributed by atoms with Crippen molar-refractivity contribution in [1.29, 1.82) is 0 Å². The lowest BCUT2D eigenvalue weighted by atomic mass is 10.1. The maximum absolute atomic E-state index is 13.1. The van der Waals surface area contributed by atoms with Gasteiger partial charge in [-0.1, -0.05) is 72.4 Å². The zero-order valence-corrected chi connectivity index (χ0v) is 21.2. The zero-order chi connectivity index (χ0) is 24.3. The number of rotatable bonds is 8. The number of nitrogens with zero attached hydrogens (tertiary/aromatic N) is 2. The van der Waals surface area contributed by atoms with Crippen LogP contribution in [0.5, 0.6) is 0 Å². The fourth-order valence-corrected chi connectivity index (χ4v) is 6.67. The van der Waals surface area contributed by atoms with Crippen LogP contribution in [0.1, 0.15) is 36.0 Å². The molecule has 2 heterocycles. The fraction of sp³-hybridized carbons (Fsp3) is 0.296. The molecular weight excluding hydrogens is 478 g/mol. The van der Waals surface area contributed by atoms with E-state index < -0.39 is 10.0 Å². The lowest BCUT2D eigenvalue weighted by Gasteiger charge is -2.27. The van der Waals surface area contributed by atoms with Gasteiger partial charge in [0, 0.05) is 13.1 Å². The summed E-state index contributed by atoms with van der Waals surface area (Å²) in [4.78, 5) is 15.1. The first-order valence-electron chi connectivity index (χ1n) is 12.0. The number of aromatic nitrogens is 1. The second-order valence-corrected chi connectivity index (χ2v) is 11.8. The number of hydrogen-bond donors (Lipinski definition) is 1. The first-order chi connectivity index (χ1) is 17.0. The molecule has 8 heteroatoms. The third-order valence-electron chi connectivity index (χ3n) is 6.55. The second kappa shape index (κ2) is 10.5. The summed E-state index contributed by atoms with van der Waals surface area (Å²) in [6.07, 6.45) is 3.72. The van der Waals surface area contributed by atoms with Gasteiger partial charge in [0.15, 0.2) is 0 Å². The zero-order valence-electron chi connectivity index (χ0n) is 19.5. The molecule has 6 nitrogen and oxygen atoms in total. The molecule has 0 saturated carbocycles. The van der Waals surface area contributed by atoms with Gasteiger partial charge in [-0.05, 0) is 60.8 Å². The van der Waals surface area contributed by atoms with E-state index >= 15 is 0 Å². The summed E-state index contributed by atoms with van der Waals surface area (Å²) in [6, 6.07) is 22.7. The van der Waals surface area contributed by atoms with E-state index in [4.69, 9.17) is 0 Å². The Balaban J connectivity index is 1.33. The van der Waals surface area contributed by atoms with Crippen molar-refractivity contribution in [1.82, 2.24) is 14.2 Å². The predicted molar refractivity (Wildman–Crippen MR) is 141 cm³/mol. The Hall–Kier alpha value is -2.78. The number of sulfonamides is 1. The topological polar surface area (TPSA) is 71.4 Å². The van der Waals surface area contributed by atoms with Crippen LogP contribution in [0, 0.1) is 0 Å². The molecule has 3 aromatic carbocycles. The number of benzene rings is 3. The molecule has 0 spiro atoms. The van der Waals surface area contributed by atoms with Gasteiger partial charge in [0.25, 0.3) is 0 Å². The van der Waals surface area contributed by atoms with E-state index in [-0.39, 0.29) is 16.3 Å². The molecule has 0 atom stereocenters. The number of nitrogens with one attached hydrogen (secondary N) is 1. The van der Waals surface area contributed by atoms with Gasteiger partial charge in [-0.3, -0.25) is 14.3 Å². The Bertz CT molecular complexity index is 1470. The summed E-state index contributed by atoms with van der Waals surface area (Å²) in [6.45, 7) is 3.71. The van der Waals surface area contributed by atoms with E-state index in [0.717, 1.165) is 53.2 Å². The molecule has 0 unspecified atom stereocenters. The van der Waals surface area contributed by atoms with Crippen LogP contribution in [-0.4, -0.2) is 31.0 Å². The molecule has 0 aliphatic carbocycles. The van der Waals surface area contributed by atoms with Crippen LogP contribution in [0.4, 0.5) is 0 Å². The quantitative estimate of drug-likeness (QED) is 0.379. The van der Waals surface area contributed by atoms with Gasteiger partial charge in [-0.25, -0.2) is 13.1 Å². The lowest BCUT2D eigenvalue weighted by Crippen LogP contribution is -2.30. The van der Waals surface area contributed by atoms with Crippen molar-refractivity contribution in [3.63, 3.8) is 0 Å². The van der Waals surface area contributed by atoms with Crippen LogP contribution < -0.4 is 9.60 Å². The van der Waals surface area contributed by atoms with Gasteiger partial charge < -0.3 is 0 Å². The van der Waals surface area contributed by atoms with E-state index in [0.29, 0.717) is 11.2 Å². The minimum absolute atomic E-state index is 0.0991. The van der Waals surface area contributed by atoms with Crippen molar-refractivity contribution in [2.75, 3.05) is 13.1 Å². The normalized spacial score (nSPS) is 15.0. The highest BCUT2D eigenvalue weighted by Crippen LogP contribution is 2.23. The highest BCUT2D eigenvalue weighted by molar-refractivity contribution is 7.89. The minimum atomic E-state index is -3.73. The summed E-state index contributed by atoms with van der Waals surface area (Å²) in [5.74, 6) is 0. The molecule has 1 aromatic heterocycles. The Morgan fingerprint density at radius 3 is 2.31 bits per heavy atom. The van der Waals surface area contributed by atoms with Gasteiger partial charge in [0.05, 0.1) is 21.7 Å². The van der Waals surface area contributed by atoms with Crippen LogP contribution in [0.15, 0.2) is 82.5 Å². The van der Waals surface area contributed by atoms with Crippen molar-refractivity contribution in [3.05, 3.63) is 99.2 Å². The highest BCUT2D eigenvalue weighted by atomic mass is 32.2. The van der Waals surface area contributed by atoms with Gasteiger partial charge in [0.2, 0.25) is 10.0 Å². The molecular formula is C27H29N3O3S2. The maximum Gasteiger partial charge on any atom is 0.308 e. The number of likely N-dealkylation sites (tertiary alicyclic amines) is 1. The van der Waals surface area contributed by atoms with E-state index in [1.165, 1.54) is 19.3 Å². The Morgan fingerprint density at radius 2 is 1.54 bits per heavy atom. The summed E-state index contributed by atoms with van der Waals surface area (Å²) in [5, 5.41) is 0. The van der Waals surface area contributed by atoms with Gasteiger partial charge >= 0.3 is 4.87 Å². The van der Waals surface area contributed by atoms with Gasteiger partial charge in [-0.15, -0.1) is 0 Å². The summed E-state index contributed by atoms with van der Waals surface area (Å²) in [7, 11) is -3.73. The van der Waals surface area contributed by atoms with E-state index in [1.54, 1.807) is 22.8 Å². The van der Waals surface area contributed by atoms with Crippen molar-refractivity contribution < 1.29 is 8.42 Å². The molecule has 0 bridgehead atoms. The summed E-state index contributed by atoms with van der Waals surface area (Å²) in [5.41, 5.74) is 3.91. The number of hydrogen-bond acceptors (Lipinski definition) is 5. The average Bonchev–Trinajstić information content (AvgIpc) is 3.19. The fourth-order valence-electron chi connectivity index (χ4n) is 4.63. The number of fused-ring (bicyclic) bond motifs is 1. The lowest BCUT2D eigenvalue weighted by molar-refractivity contribution is 0.220. The molecule has 1 saturated heterocycles. The summed E-state index contributed by atoms with van der Waals surface area (Å²) >= 11 is 1.07. The molecule has 1 N–H and O–H groups in total. The largest absolute Gasteiger partial charge is 0.308 e. The Labute approximate surface area is 209 Å². The maximum atomic E-state index is 13.1. The third-order valence-corrected chi connectivity index (χ3v) is 8.89. The molecule has 35 heavy (non-hydrogen) atoms. The minimum Gasteiger partial charge on any atom is -0.299 e. The van der Waals surface area contributed by atoms with Crippen molar-refractivity contribution in [2.45, 2.75) is 43.8 Å². The van der Waals surface area contributed by atoms with Crippen LogP contribution in [0.25, 0.3) is 10.2 Å². The predicted octanol–water partition coefficient (Wildman–Crippen LogP) is 4.58. The molecule has 0 amide bonds. The van der Waals surface area contributed by atoms with Crippen LogP contribution in [0.3, 0.4) is 0 Å². The van der Waals surface area contributed by atoms with E-state index in [9.17, 15) is 13.2 Å². The average molecular weight is 508 g/mol. The highest BCUT2D eigenvalue weighted by Gasteiger charge is 2.18. The molecule has 5 rings (SSSR count). The third kappa shape index (κ3) is 5.56. The van der Waals surface area contributed by atoms with E-state index in [1.807, 2.05) is 48.5 Å². The van der Waals surface area contributed by atoms with Crippen molar-refractivity contribution in [3.8, 4) is 0 Å². The van der Waals surface area contributed by atoms with Gasteiger partial charge in [0.1, 0.15) is 0 Å². The van der Waals surface area contributed by atoms with Crippen molar-refractivity contribution in [2.24, 2.45) is 0 Å². The smallest absolute Gasteiger partial charge is 0.299 e. The molecule has 4 aromatic rings. The Kier molecular flexibility index (Phi) is 7.15. The molecule has 182 valence electrons. The molecule has 1 aliphatic rings. The first kappa shape index (κ1) is 23.9. The first-order valence-corrected chi connectivity index (χ1v) is 14.3. The number of thiazole rings is 1. The van der Waals surface area contributed by atoms with Crippen molar-refractivity contribution >= 4 is 31.6 Å². The molecule has 1 fully saturated rings. The van der Waals surface area contributed by atoms with E-state index in [2.05, 4.69) is 15.7 Å². The summed E-state index contributed by atoms with van der Waals surface area (Å²) < 4.78 is 31.4. The molecule has 1 aliphatic heterocycles. The van der Waals surface area contributed by atoms with Crippen LogP contribution in [0.2, 0.25) is 0 Å². The standard InChI is InChI=1S/C27H29N3O3S2/c31-27-30(19-21-9-3-1-4-10-21)25-14-13-24(17-26(25)34-27)35(32,33)28-18-22-11-5-6-12-23(22)20-29-15-7-2-8-16-29/h1,3-6,9-14,17,28H,2,7-8,15-16,18-20H2. The SMILES string of the molecule is O=c1sc2cc(S(=O)(=O)NCc3ccccc3CN3CCCCC3)ccc2n1Cc1ccccc1. The van der Waals surface area contributed by atoms with Gasteiger partial charge in [-0.2, -0.15) is 0 Å². The monoisotopic (exact) mass is 507 g/mol.